The molecule has 1 aromatic heterocycles. The van der Waals surface area contributed by atoms with E-state index in [1.165, 1.54) is 18.2 Å². The first kappa shape index (κ1) is 29.1. The molecule has 0 unspecified atom stereocenters. The number of ether oxygens (including phenoxy) is 4. The molecule has 0 aliphatic carbocycles. The summed E-state index contributed by atoms with van der Waals surface area (Å²) in [7, 11) is 0. The van der Waals surface area contributed by atoms with Crippen molar-refractivity contribution >= 4 is 46.0 Å². The zero-order chi connectivity index (χ0) is 29.0. The van der Waals surface area contributed by atoms with E-state index in [-0.39, 0.29) is 41.7 Å². The van der Waals surface area contributed by atoms with Crippen LogP contribution in [0.3, 0.4) is 0 Å². The number of halogens is 5. The van der Waals surface area contributed by atoms with Crippen LogP contribution in [0.1, 0.15) is 29.9 Å². The number of carbonyl (C=O) groups is 2. The molecule has 0 saturated carbocycles. The maximum atomic E-state index is 13.2. The first-order valence-corrected chi connectivity index (χ1v) is 12.8. The Hall–Kier alpha value is -3.89. The summed E-state index contributed by atoms with van der Waals surface area (Å²) in [5, 5.41) is 0.879. The average Bonchev–Trinajstić information content (AvgIpc) is 3.24. The van der Waals surface area contributed by atoms with E-state index in [1.807, 2.05) is 0 Å². The van der Waals surface area contributed by atoms with Crippen molar-refractivity contribution < 1.29 is 41.7 Å². The van der Waals surface area contributed by atoms with E-state index in [4.69, 9.17) is 37.4 Å². The number of hydrogen-bond acceptors (Lipinski definition) is 6. The van der Waals surface area contributed by atoms with Crippen LogP contribution in [0.25, 0.3) is 22.0 Å². The van der Waals surface area contributed by atoms with Crippen molar-refractivity contribution in [2.45, 2.75) is 26.6 Å². The molecule has 1 N–H and O–H groups in total. The lowest BCUT2D eigenvalue weighted by atomic mass is 9.96. The van der Waals surface area contributed by atoms with Crippen molar-refractivity contribution in [3.63, 3.8) is 0 Å². The van der Waals surface area contributed by atoms with Gasteiger partial charge in [-0.3, -0.25) is 4.79 Å². The number of carbonyl (C=O) groups excluding carboxylic acids is 2. The van der Waals surface area contributed by atoms with E-state index in [1.54, 1.807) is 38.1 Å². The molecule has 0 saturated heterocycles. The number of alkyl halides is 3. The number of aromatic amines is 1. The van der Waals surface area contributed by atoms with Crippen molar-refractivity contribution in [3.8, 4) is 28.4 Å². The Morgan fingerprint density at radius 1 is 0.875 bits per heavy atom. The fraction of sp³-hybridized carbons (Fsp3) is 0.214. The summed E-state index contributed by atoms with van der Waals surface area (Å²) in [5.41, 5.74) is 1.50. The summed E-state index contributed by atoms with van der Waals surface area (Å²) in [6.45, 7) is 3.50. The molecule has 3 aromatic carbocycles. The first-order chi connectivity index (χ1) is 19.0. The molecule has 0 fully saturated rings. The second-order valence-electron chi connectivity index (χ2n) is 8.29. The lowest BCUT2D eigenvalue weighted by molar-refractivity contribution is -0.274. The third-order valence-electron chi connectivity index (χ3n) is 5.61. The monoisotopic (exact) mass is 595 g/mol. The number of rotatable bonds is 9. The summed E-state index contributed by atoms with van der Waals surface area (Å²) < 4.78 is 58.8. The molecule has 0 spiro atoms. The van der Waals surface area contributed by atoms with E-state index in [9.17, 15) is 22.8 Å². The molecule has 0 aliphatic heterocycles. The van der Waals surface area contributed by atoms with Gasteiger partial charge in [0.05, 0.1) is 35.2 Å². The lowest BCUT2D eigenvalue weighted by Crippen LogP contribution is -2.16. The normalized spacial score (nSPS) is 11.4. The van der Waals surface area contributed by atoms with Crippen molar-refractivity contribution in [3.05, 3.63) is 75.9 Å². The number of benzene rings is 3. The fourth-order valence-corrected chi connectivity index (χ4v) is 4.39. The first-order valence-electron chi connectivity index (χ1n) is 12.0. The average molecular weight is 596 g/mol. The molecule has 210 valence electrons. The molecular weight excluding hydrogens is 574 g/mol. The molecule has 40 heavy (non-hydrogen) atoms. The van der Waals surface area contributed by atoms with Crippen LogP contribution in [0.15, 0.2) is 54.6 Å². The predicted molar refractivity (Wildman–Crippen MR) is 143 cm³/mol. The smallest absolute Gasteiger partial charge is 0.466 e. The summed E-state index contributed by atoms with van der Waals surface area (Å²) in [6, 6.07) is 12.9. The highest BCUT2D eigenvalue weighted by molar-refractivity contribution is 6.42. The van der Waals surface area contributed by atoms with E-state index < -0.39 is 24.1 Å². The van der Waals surface area contributed by atoms with Crippen LogP contribution in [0, 0.1) is 0 Å². The summed E-state index contributed by atoms with van der Waals surface area (Å²) in [6.07, 6.45) is -5.12. The number of nitrogens with one attached hydrogen (secondary N) is 1. The maximum absolute atomic E-state index is 13.2. The van der Waals surface area contributed by atoms with E-state index in [2.05, 4.69) is 9.72 Å². The Bertz CT molecular complexity index is 1550. The minimum atomic E-state index is -4.87. The van der Waals surface area contributed by atoms with E-state index >= 15 is 0 Å². The number of hydrogen-bond donors (Lipinski definition) is 1. The summed E-state index contributed by atoms with van der Waals surface area (Å²) in [4.78, 5) is 28.6. The van der Waals surface area contributed by atoms with Gasteiger partial charge in [0.15, 0.2) is 0 Å². The topological polar surface area (TPSA) is 86.9 Å². The van der Waals surface area contributed by atoms with Gasteiger partial charge in [-0.25, -0.2) is 4.79 Å². The quantitative estimate of drug-likeness (QED) is 0.197. The second kappa shape index (κ2) is 12.1. The van der Waals surface area contributed by atoms with Gasteiger partial charge in [-0.1, -0.05) is 35.3 Å². The van der Waals surface area contributed by atoms with Crippen molar-refractivity contribution in [1.82, 2.24) is 4.98 Å². The Morgan fingerprint density at radius 2 is 1.55 bits per heavy atom. The molecule has 0 amide bonds. The van der Waals surface area contributed by atoms with Gasteiger partial charge in [-0.2, -0.15) is 0 Å². The molecule has 1 heterocycles. The second-order valence-corrected chi connectivity index (χ2v) is 9.11. The van der Waals surface area contributed by atoms with Crippen LogP contribution in [0.4, 0.5) is 13.2 Å². The summed E-state index contributed by atoms with van der Waals surface area (Å²) >= 11 is 12.2. The van der Waals surface area contributed by atoms with Gasteiger partial charge in [0.2, 0.25) is 0 Å². The van der Waals surface area contributed by atoms with E-state index in [0.29, 0.717) is 32.8 Å². The molecule has 0 radical (unpaired) electrons. The number of H-pyrrole nitrogens is 1. The standard InChI is InChI=1S/C28H22Cl2F3NO6/c1-3-37-23(35)14-21-26(27(36)38-4-2)25-20(34-21)11-12-22(39-17-9-10-18(29)19(30)13-17)24(25)15-5-7-16(8-6-15)40-28(31,32)33/h5-13,34H,3-4,14H2,1-2H3. The predicted octanol–water partition coefficient (Wildman–Crippen LogP) is 8.11. The van der Waals surface area contributed by atoms with Crippen LogP contribution in [0.2, 0.25) is 10.0 Å². The Balaban J connectivity index is 1.95. The van der Waals surface area contributed by atoms with Gasteiger partial charge in [-0.15, -0.1) is 13.2 Å². The molecule has 7 nitrogen and oxygen atoms in total. The number of fused-ring (bicyclic) bond motifs is 1. The maximum Gasteiger partial charge on any atom is 0.573 e. The Labute approximate surface area is 236 Å². The molecule has 4 rings (SSSR count). The van der Waals surface area contributed by atoms with Crippen LogP contribution < -0.4 is 9.47 Å². The SMILES string of the molecule is CCOC(=O)Cc1[nH]c2ccc(Oc3ccc(Cl)c(Cl)c3)c(-c3ccc(OC(F)(F)F)cc3)c2c1C(=O)OCC. The molecule has 4 aromatic rings. The van der Waals surface area contributed by atoms with Gasteiger partial charge in [0, 0.05) is 28.2 Å². The summed E-state index contributed by atoms with van der Waals surface area (Å²) in [5.74, 6) is -1.16. The van der Waals surface area contributed by atoms with Gasteiger partial charge in [0.1, 0.15) is 17.2 Å². The highest BCUT2D eigenvalue weighted by Crippen LogP contribution is 2.43. The third kappa shape index (κ3) is 6.63. The highest BCUT2D eigenvalue weighted by atomic mass is 35.5. The molecule has 0 atom stereocenters. The van der Waals surface area contributed by atoms with E-state index in [0.717, 1.165) is 12.1 Å². The molecule has 12 heteroatoms. The zero-order valence-electron chi connectivity index (χ0n) is 21.2. The third-order valence-corrected chi connectivity index (χ3v) is 6.34. The van der Waals surface area contributed by atoms with Crippen molar-refractivity contribution in [2.24, 2.45) is 0 Å². The fourth-order valence-electron chi connectivity index (χ4n) is 4.10. The Morgan fingerprint density at radius 3 is 2.17 bits per heavy atom. The van der Waals surface area contributed by atoms with Crippen LogP contribution >= 0.6 is 23.2 Å². The van der Waals surface area contributed by atoms with Gasteiger partial charge in [0.25, 0.3) is 0 Å². The molecular formula is C28H22Cl2F3NO6. The van der Waals surface area contributed by atoms with Gasteiger partial charge < -0.3 is 23.9 Å². The molecule has 0 bridgehead atoms. The van der Waals surface area contributed by atoms with Crippen LogP contribution in [-0.2, 0) is 20.7 Å². The largest absolute Gasteiger partial charge is 0.573 e. The minimum absolute atomic E-state index is 0.0582. The lowest BCUT2D eigenvalue weighted by Gasteiger charge is -2.15. The minimum Gasteiger partial charge on any atom is -0.466 e. The zero-order valence-corrected chi connectivity index (χ0v) is 22.7. The van der Waals surface area contributed by atoms with Crippen LogP contribution in [0.5, 0.6) is 17.2 Å². The van der Waals surface area contributed by atoms with Crippen molar-refractivity contribution in [2.75, 3.05) is 13.2 Å². The Kier molecular flexibility index (Phi) is 8.80. The molecule has 0 aliphatic rings. The van der Waals surface area contributed by atoms with Gasteiger partial charge in [-0.05, 0) is 55.8 Å². The van der Waals surface area contributed by atoms with Crippen LogP contribution in [-0.4, -0.2) is 36.5 Å². The number of aromatic nitrogens is 1. The van der Waals surface area contributed by atoms with Crippen molar-refractivity contribution in [1.29, 1.82) is 0 Å². The number of esters is 2. The van der Waals surface area contributed by atoms with Gasteiger partial charge >= 0.3 is 18.3 Å². The highest BCUT2D eigenvalue weighted by Gasteiger charge is 2.31.